The van der Waals surface area contributed by atoms with E-state index in [2.05, 4.69) is 10.6 Å². The van der Waals surface area contributed by atoms with E-state index >= 15 is 0 Å². The second kappa shape index (κ2) is 8.09. The molecule has 0 bridgehead atoms. The van der Waals surface area contributed by atoms with Gasteiger partial charge in [0.1, 0.15) is 5.75 Å². The number of carbonyl (C=O) groups excluding carboxylic acids is 1. The van der Waals surface area contributed by atoms with E-state index in [0.717, 1.165) is 45.1 Å². The lowest BCUT2D eigenvalue weighted by atomic mass is 9.89. The second-order valence-corrected chi connectivity index (χ2v) is 7.65. The second-order valence-electron chi connectivity index (χ2n) is 7.65. The molecule has 5 heteroatoms. The van der Waals surface area contributed by atoms with E-state index in [9.17, 15) is 9.90 Å². The van der Waals surface area contributed by atoms with Crippen molar-refractivity contribution in [1.82, 2.24) is 10.6 Å². The predicted octanol–water partition coefficient (Wildman–Crippen LogP) is 3.50. The highest BCUT2D eigenvalue weighted by Gasteiger charge is 2.40. The van der Waals surface area contributed by atoms with Crippen molar-refractivity contribution < 1.29 is 14.6 Å². The van der Waals surface area contributed by atoms with Crippen LogP contribution in [0.25, 0.3) is 0 Å². The summed E-state index contributed by atoms with van der Waals surface area (Å²) in [4.78, 5) is 12.3. The summed E-state index contributed by atoms with van der Waals surface area (Å²) >= 11 is 0. The van der Waals surface area contributed by atoms with Crippen molar-refractivity contribution in [2.75, 3.05) is 6.61 Å². The van der Waals surface area contributed by atoms with Gasteiger partial charge in [-0.25, -0.2) is 4.79 Å². The lowest BCUT2D eigenvalue weighted by molar-refractivity contribution is -0.0820. The average molecular weight is 346 g/mol. The maximum atomic E-state index is 12.3. The Bertz CT molecular complexity index is 567. The zero-order chi connectivity index (χ0) is 17.7. The highest BCUT2D eigenvalue weighted by molar-refractivity contribution is 5.74. The molecule has 3 rings (SSSR count). The summed E-state index contributed by atoms with van der Waals surface area (Å²) in [6.45, 7) is 2.78. The quantitative estimate of drug-likeness (QED) is 0.764. The molecule has 1 saturated heterocycles. The van der Waals surface area contributed by atoms with Crippen molar-refractivity contribution in [3.63, 3.8) is 0 Å². The molecule has 1 aromatic rings. The molecule has 2 aliphatic rings. The van der Waals surface area contributed by atoms with Crippen LogP contribution in [0.5, 0.6) is 5.75 Å². The number of benzene rings is 1. The van der Waals surface area contributed by atoms with Gasteiger partial charge >= 0.3 is 6.03 Å². The van der Waals surface area contributed by atoms with Gasteiger partial charge in [0.05, 0.1) is 5.60 Å². The molecule has 1 aromatic carbocycles. The van der Waals surface area contributed by atoms with E-state index in [1.165, 1.54) is 18.4 Å². The largest absolute Gasteiger partial charge is 0.508 e. The molecular weight excluding hydrogens is 316 g/mol. The third kappa shape index (κ3) is 5.11. The summed E-state index contributed by atoms with van der Waals surface area (Å²) in [5.41, 5.74) is 1.19. The van der Waals surface area contributed by atoms with Crippen molar-refractivity contribution in [3.8, 4) is 5.75 Å². The Morgan fingerprint density at radius 1 is 1.32 bits per heavy atom. The Morgan fingerprint density at radius 2 is 2.04 bits per heavy atom. The lowest BCUT2D eigenvalue weighted by Crippen LogP contribution is -2.51. The number of carbonyl (C=O) groups is 1. The van der Waals surface area contributed by atoms with Crippen molar-refractivity contribution in [2.24, 2.45) is 0 Å². The van der Waals surface area contributed by atoms with Crippen LogP contribution in [0.15, 0.2) is 24.3 Å². The molecule has 138 valence electrons. The molecule has 2 atom stereocenters. The highest BCUT2D eigenvalue weighted by Crippen LogP contribution is 2.39. The van der Waals surface area contributed by atoms with Crippen LogP contribution < -0.4 is 10.6 Å². The molecule has 1 heterocycles. The van der Waals surface area contributed by atoms with Crippen LogP contribution in [-0.4, -0.2) is 35.4 Å². The van der Waals surface area contributed by atoms with E-state index in [1.807, 2.05) is 19.1 Å². The normalized spacial score (nSPS) is 23.3. The van der Waals surface area contributed by atoms with Gasteiger partial charge in [-0.3, -0.25) is 0 Å². The number of hydrogen-bond acceptors (Lipinski definition) is 3. The van der Waals surface area contributed by atoms with Gasteiger partial charge < -0.3 is 20.5 Å². The fraction of sp³-hybridized carbons (Fsp3) is 0.650. The van der Waals surface area contributed by atoms with Gasteiger partial charge in [-0.05, 0) is 63.1 Å². The molecule has 5 nitrogen and oxygen atoms in total. The van der Waals surface area contributed by atoms with Gasteiger partial charge in [0.25, 0.3) is 0 Å². The first kappa shape index (κ1) is 18.1. The number of phenols is 1. The molecule has 3 N–H and O–H groups in total. The van der Waals surface area contributed by atoms with Crippen molar-refractivity contribution in [1.29, 1.82) is 0 Å². The zero-order valence-corrected chi connectivity index (χ0v) is 15.1. The number of aryl methyl sites for hydroxylation is 1. The summed E-state index contributed by atoms with van der Waals surface area (Å²) in [6, 6.07) is 7.49. The summed E-state index contributed by atoms with van der Waals surface area (Å²) in [5.74, 6) is 0.283. The standard InChI is InChI=1S/C20H30N2O3/c1-15(4-5-16-6-8-18(23)9-7-16)21-19(24)22-17-10-13-25-20(14-17)11-2-3-12-20/h6-9,15,17,23H,2-5,10-14H2,1H3,(H2,21,22,24)/t15-,17-/m0/s1. The molecular formula is C20H30N2O3. The fourth-order valence-electron chi connectivity index (χ4n) is 4.09. The van der Waals surface area contributed by atoms with Crippen LogP contribution in [0, 0.1) is 0 Å². The molecule has 0 aromatic heterocycles. The molecule has 1 saturated carbocycles. The number of ether oxygens (including phenoxy) is 1. The maximum Gasteiger partial charge on any atom is 0.315 e. The van der Waals surface area contributed by atoms with Crippen LogP contribution in [0.3, 0.4) is 0 Å². The lowest BCUT2D eigenvalue weighted by Gasteiger charge is -2.38. The summed E-state index contributed by atoms with van der Waals surface area (Å²) in [6.07, 6.45) is 8.35. The van der Waals surface area contributed by atoms with E-state index in [1.54, 1.807) is 12.1 Å². The minimum atomic E-state index is -0.0711. The van der Waals surface area contributed by atoms with E-state index in [-0.39, 0.29) is 29.5 Å². The number of phenolic OH excluding ortho intramolecular Hbond substituents is 1. The highest BCUT2D eigenvalue weighted by atomic mass is 16.5. The monoisotopic (exact) mass is 346 g/mol. The van der Waals surface area contributed by atoms with Gasteiger partial charge in [0.15, 0.2) is 0 Å². The summed E-state index contributed by atoms with van der Waals surface area (Å²) in [7, 11) is 0. The third-order valence-corrected chi connectivity index (χ3v) is 5.52. The summed E-state index contributed by atoms with van der Waals surface area (Å²) < 4.78 is 6.03. The van der Waals surface area contributed by atoms with Crippen molar-refractivity contribution >= 4 is 6.03 Å². The maximum absolute atomic E-state index is 12.3. The van der Waals surface area contributed by atoms with Crippen molar-refractivity contribution in [2.45, 2.75) is 76.0 Å². The number of rotatable bonds is 5. The molecule has 2 amide bonds. The SMILES string of the molecule is C[C@@H](CCc1ccc(O)cc1)NC(=O)N[C@H]1CCOC2(CCCC2)C1. The molecule has 1 spiro atoms. The Hall–Kier alpha value is -1.75. The van der Waals surface area contributed by atoms with Crippen LogP contribution in [-0.2, 0) is 11.2 Å². The molecule has 1 aliphatic carbocycles. The smallest absolute Gasteiger partial charge is 0.315 e. The van der Waals surface area contributed by atoms with Gasteiger partial charge in [-0.2, -0.15) is 0 Å². The summed E-state index contributed by atoms with van der Waals surface area (Å²) in [5, 5.41) is 15.5. The van der Waals surface area contributed by atoms with Crippen LogP contribution in [0.4, 0.5) is 4.79 Å². The number of nitrogens with one attached hydrogen (secondary N) is 2. The first-order valence-electron chi connectivity index (χ1n) is 9.54. The van der Waals surface area contributed by atoms with Gasteiger partial charge in [-0.15, -0.1) is 0 Å². The molecule has 0 unspecified atom stereocenters. The first-order valence-corrected chi connectivity index (χ1v) is 9.54. The first-order chi connectivity index (χ1) is 12.0. The Kier molecular flexibility index (Phi) is 5.84. The van der Waals surface area contributed by atoms with Crippen LogP contribution in [0.1, 0.15) is 57.4 Å². The van der Waals surface area contributed by atoms with Crippen molar-refractivity contribution in [3.05, 3.63) is 29.8 Å². The van der Waals surface area contributed by atoms with Gasteiger partial charge in [0, 0.05) is 18.7 Å². The average Bonchev–Trinajstić information content (AvgIpc) is 3.02. The molecule has 2 fully saturated rings. The third-order valence-electron chi connectivity index (χ3n) is 5.52. The van der Waals surface area contributed by atoms with Gasteiger partial charge in [-0.1, -0.05) is 25.0 Å². The molecule has 25 heavy (non-hydrogen) atoms. The van der Waals surface area contributed by atoms with Crippen LogP contribution >= 0.6 is 0 Å². The Labute approximate surface area is 150 Å². The minimum absolute atomic E-state index is 0.0285. The van der Waals surface area contributed by atoms with E-state index in [0.29, 0.717) is 0 Å². The molecule has 1 aliphatic heterocycles. The van der Waals surface area contributed by atoms with Gasteiger partial charge in [0.2, 0.25) is 0 Å². The number of urea groups is 1. The Balaban J connectivity index is 1.40. The number of hydrogen-bond donors (Lipinski definition) is 3. The van der Waals surface area contributed by atoms with Crippen LogP contribution in [0.2, 0.25) is 0 Å². The molecule has 0 radical (unpaired) electrons. The minimum Gasteiger partial charge on any atom is -0.508 e. The fourth-order valence-corrected chi connectivity index (χ4v) is 4.09. The number of aromatic hydroxyl groups is 1. The number of amides is 2. The topological polar surface area (TPSA) is 70.6 Å². The predicted molar refractivity (Wildman–Crippen MR) is 97.7 cm³/mol. The van der Waals surface area contributed by atoms with E-state index < -0.39 is 0 Å². The van der Waals surface area contributed by atoms with E-state index in [4.69, 9.17) is 4.74 Å². The Morgan fingerprint density at radius 3 is 2.76 bits per heavy atom. The zero-order valence-electron chi connectivity index (χ0n) is 15.1.